The summed E-state index contributed by atoms with van der Waals surface area (Å²) in [6.45, 7) is 9.52. The summed E-state index contributed by atoms with van der Waals surface area (Å²) in [6.07, 6.45) is 3.19. The van der Waals surface area contributed by atoms with Gasteiger partial charge in [-0.3, -0.25) is 4.79 Å². The number of amides is 1. The minimum atomic E-state index is 0.104. The van der Waals surface area contributed by atoms with Gasteiger partial charge in [-0.15, -0.1) is 11.3 Å². The molecule has 0 saturated carbocycles. The number of nitrogen functional groups attached to an aromatic ring is 1. The van der Waals surface area contributed by atoms with E-state index in [0.717, 1.165) is 24.8 Å². The molecule has 5 heteroatoms. The summed E-state index contributed by atoms with van der Waals surface area (Å²) < 4.78 is 5.34. The van der Waals surface area contributed by atoms with Gasteiger partial charge in [0.1, 0.15) is 0 Å². The monoisotopic (exact) mass is 322 g/mol. The lowest BCUT2D eigenvalue weighted by molar-refractivity contribution is 0.0303. The fourth-order valence-corrected chi connectivity index (χ4v) is 4.70. The predicted octanol–water partition coefficient (Wildman–Crippen LogP) is 2.95. The van der Waals surface area contributed by atoms with E-state index in [9.17, 15) is 4.79 Å². The minimum Gasteiger partial charge on any atom is -0.390 e. The van der Waals surface area contributed by atoms with Gasteiger partial charge in [-0.1, -0.05) is 20.8 Å². The zero-order valence-corrected chi connectivity index (χ0v) is 14.6. The quantitative estimate of drug-likeness (QED) is 0.865. The van der Waals surface area contributed by atoms with Crippen LogP contribution >= 0.6 is 11.3 Å². The highest BCUT2D eigenvalue weighted by Gasteiger charge is 2.34. The Morgan fingerprint density at radius 2 is 2.00 bits per heavy atom. The van der Waals surface area contributed by atoms with E-state index in [0.29, 0.717) is 42.6 Å². The summed E-state index contributed by atoms with van der Waals surface area (Å²) in [5, 5.41) is 0.705. The van der Waals surface area contributed by atoms with Crippen molar-refractivity contribution in [3.05, 3.63) is 16.0 Å². The van der Waals surface area contributed by atoms with E-state index in [1.165, 1.54) is 10.4 Å². The first-order chi connectivity index (χ1) is 10.4. The standard InChI is InChI=1S/C17H26N2O2S/c1-17(2,3)11-4-5-12-13(10-11)22-15(18)14(12)16(20)19-6-8-21-9-7-19/h11H,4-10,18H2,1-3H3. The van der Waals surface area contributed by atoms with Crippen LogP contribution in [-0.2, 0) is 17.6 Å². The van der Waals surface area contributed by atoms with Crippen molar-refractivity contribution in [3.63, 3.8) is 0 Å². The number of thiophene rings is 1. The number of anilines is 1. The van der Waals surface area contributed by atoms with Crippen LogP contribution in [0.25, 0.3) is 0 Å². The predicted molar refractivity (Wildman–Crippen MR) is 90.4 cm³/mol. The maximum Gasteiger partial charge on any atom is 0.257 e. The van der Waals surface area contributed by atoms with Gasteiger partial charge in [-0.2, -0.15) is 0 Å². The average molecular weight is 322 g/mol. The highest BCUT2D eigenvalue weighted by molar-refractivity contribution is 7.16. The van der Waals surface area contributed by atoms with Gasteiger partial charge in [0.05, 0.1) is 23.8 Å². The molecular weight excluding hydrogens is 296 g/mol. The van der Waals surface area contributed by atoms with Crippen LogP contribution < -0.4 is 5.73 Å². The molecule has 1 fully saturated rings. The van der Waals surface area contributed by atoms with E-state index in [2.05, 4.69) is 20.8 Å². The van der Waals surface area contributed by atoms with Crippen molar-refractivity contribution in [2.75, 3.05) is 32.0 Å². The number of nitrogens with two attached hydrogens (primary N) is 1. The molecular formula is C17H26N2O2S. The second-order valence-corrected chi connectivity index (χ2v) is 8.59. The van der Waals surface area contributed by atoms with E-state index < -0.39 is 0 Å². The first-order valence-corrected chi connectivity index (χ1v) is 8.96. The molecule has 22 heavy (non-hydrogen) atoms. The normalized spacial score (nSPS) is 22.5. The third kappa shape index (κ3) is 2.88. The van der Waals surface area contributed by atoms with Crippen molar-refractivity contribution < 1.29 is 9.53 Å². The molecule has 1 aromatic heterocycles. The summed E-state index contributed by atoms with van der Waals surface area (Å²) in [4.78, 5) is 16.0. The highest BCUT2D eigenvalue weighted by Crippen LogP contribution is 2.43. The van der Waals surface area contributed by atoms with Crippen molar-refractivity contribution in [2.45, 2.75) is 40.0 Å². The average Bonchev–Trinajstić information content (AvgIpc) is 2.81. The fraction of sp³-hybridized carbons (Fsp3) is 0.706. The van der Waals surface area contributed by atoms with E-state index in [1.54, 1.807) is 11.3 Å². The molecule has 0 radical (unpaired) electrons. The zero-order chi connectivity index (χ0) is 15.9. The van der Waals surface area contributed by atoms with Crippen LogP contribution in [0.3, 0.4) is 0 Å². The van der Waals surface area contributed by atoms with Gasteiger partial charge >= 0.3 is 0 Å². The summed E-state index contributed by atoms with van der Waals surface area (Å²) in [5.41, 5.74) is 8.54. The second-order valence-electron chi connectivity index (χ2n) is 7.45. The van der Waals surface area contributed by atoms with E-state index in [4.69, 9.17) is 10.5 Å². The van der Waals surface area contributed by atoms with Crippen LogP contribution in [0.4, 0.5) is 5.00 Å². The highest BCUT2D eigenvalue weighted by atomic mass is 32.1. The lowest BCUT2D eigenvalue weighted by Crippen LogP contribution is -2.41. The first-order valence-electron chi connectivity index (χ1n) is 8.15. The van der Waals surface area contributed by atoms with Crippen LogP contribution in [0.1, 0.15) is 48.0 Å². The first kappa shape index (κ1) is 15.8. The van der Waals surface area contributed by atoms with Gasteiger partial charge in [0.15, 0.2) is 0 Å². The summed E-state index contributed by atoms with van der Waals surface area (Å²) in [7, 11) is 0. The summed E-state index contributed by atoms with van der Waals surface area (Å²) in [5.74, 6) is 0.775. The largest absolute Gasteiger partial charge is 0.390 e. The van der Waals surface area contributed by atoms with Gasteiger partial charge in [0, 0.05) is 18.0 Å². The van der Waals surface area contributed by atoms with E-state index >= 15 is 0 Å². The van der Waals surface area contributed by atoms with Gasteiger partial charge < -0.3 is 15.4 Å². The molecule has 2 N–H and O–H groups in total. The number of morpholine rings is 1. The molecule has 122 valence electrons. The lowest BCUT2D eigenvalue weighted by atomic mass is 9.72. The number of carbonyl (C=O) groups is 1. The van der Waals surface area contributed by atoms with Crippen molar-refractivity contribution in [1.82, 2.24) is 4.90 Å². The maximum absolute atomic E-state index is 12.8. The van der Waals surface area contributed by atoms with Gasteiger partial charge in [-0.05, 0) is 36.2 Å². The van der Waals surface area contributed by atoms with Crippen molar-refractivity contribution in [3.8, 4) is 0 Å². The molecule has 4 nitrogen and oxygen atoms in total. The number of hydrogen-bond acceptors (Lipinski definition) is 4. The molecule has 1 aliphatic heterocycles. The molecule has 0 bridgehead atoms. The molecule has 3 rings (SSSR count). The Bertz CT molecular complexity index is 568. The molecule has 1 aromatic rings. The molecule has 2 heterocycles. The topological polar surface area (TPSA) is 55.6 Å². The molecule has 1 aliphatic carbocycles. The Morgan fingerprint density at radius 1 is 1.32 bits per heavy atom. The minimum absolute atomic E-state index is 0.104. The zero-order valence-electron chi connectivity index (χ0n) is 13.8. The van der Waals surface area contributed by atoms with Crippen molar-refractivity contribution in [1.29, 1.82) is 0 Å². The molecule has 0 spiro atoms. The molecule has 1 atom stereocenters. The lowest BCUT2D eigenvalue weighted by Gasteiger charge is -2.34. The van der Waals surface area contributed by atoms with Gasteiger partial charge in [-0.25, -0.2) is 0 Å². The van der Waals surface area contributed by atoms with E-state index in [-0.39, 0.29) is 5.91 Å². The fourth-order valence-electron chi connectivity index (χ4n) is 3.51. The smallest absolute Gasteiger partial charge is 0.257 e. The Morgan fingerprint density at radius 3 is 2.64 bits per heavy atom. The van der Waals surface area contributed by atoms with Crippen LogP contribution in [-0.4, -0.2) is 37.1 Å². The molecule has 0 aromatic carbocycles. The van der Waals surface area contributed by atoms with Crippen LogP contribution in [0.2, 0.25) is 0 Å². The second kappa shape index (κ2) is 5.85. The number of hydrogen-bond donors (Lipinski definition) is 1. The number of fused-ring (bicyclic) bond motifs is 1. The van der Waals surface area contributed by atoms with Crippen LogP contribution in [0.5, 0.6) is 0 Å². The van der Waals surface area contributed by atoms with E-state index in [1.807, 2.05) is 4.90 Å². The van der Waals surface area contributed by atoms with Crippen molar-refractivity contribution in [2.24, 2.45) is 11.3 Å². The molecule has 1 amide bonds. The molecule has 1 unspecified atom stereocenters. The summed E-state index contributed by atoms with van der Waals surface area (Å²) in [6, 6.07) is 0. The number of nitrogens with zero attached hydrogens (tertiary/aromatic N) is 1. The van der Waals surface area contributed by atoms with Crippen LogP contribution in [0, 0.1) is 11.3 Å². The molecule has 2 aliphatic rings. The Balaban J connectivity index is 1.86. The Kier molecular flexibility index (Phi) is 4.21. The van der Waals surface area contributed by atoms with Gasteiger partial charge in [0.25, 0.3) is 5.91 Å². The third-order valence-corrected chi connectivity index (χ3v) is 6.11. The maximum atomic E-state index is 12.8. The third-order valence-electron chi connectivity index (χ3n) is 5.03. The Labute approximate surface area is 136 Å². The number of carbonyl (C=O) groups excluding carboxylic acids is 1. The summed E-state index contributed by atoms with van der Waals surface area (Å²) >= 11 is 1.63. The van der Waals surface area contributed by atoms with Crippen LogP contribution in [0.15, 0.2) is 0 Å². The number of ether oxygens (including phenoxy) is 1. The van der Waals surface area contributed by atoms with Gasteiger partial charge in [0.2, 0.25) is 0 Å². The number of rotatable bonds is 1. The SMILES string of the molecule is CC(C)(C)C1CCc2c(sc(N)c2C(=O)N2CCOCC2)C1. The Hall–Kier alpha value is -1.07. The van der Waals surface area contributed by atoms with Crippen molar-refractivity contribution >= 4 is 22.2 Å². The molecule has 1 saturated heterocycles.